The number of aliphatic hydroxyl groups is 1. The van der Waals surface area contributed by atoms with Crippen LogP contribution in [0.5, 0.6) is 0 Å². The Labute approximate surface area is 162 Å². The maximum atomic E-state index is 11.6. The van der Waals surface area contributed by atoms with Crippen LogP contribution in [0.25, 0.3) is 0 Å². The molecule has 4 nitrogen and oxygen atoms in total. The Kier molecular flexibility index (Phi) is 8.79. The van der Waals surface area contributed by atoms with E-state index in [2.05, 4.69) is 19.4 Å². The number of halogens is 1. The number of nitrogens with one attached hydrogen (secondary N) is 1. The summed E-state index contributed by atoms with van der Waals surface area (Å²) >= 11 is 0. The number of quaternary nitrogens is 1. The molecule has 0 spiro atoms. The Morgan fingerprint density at radius 3 is 2.27 bits per heavy atom. The number of benzene rings is 2. The van der Waals surface area contributed by atoms with Gasteiger partial charge in [0.2, 0.25) is 0 Å². The second kappa shape index (κ2) is 10.3. The molecule has 1 amide bonds. The molecule has 0 heterocycles. The van der Waals surface area contributed by atoms with Gasteiger partial charge in [-0.15, -0.1) is 0 Å². The lowest BCUT2D eigenvalue weighted by Crippen LogP contribution is -3.00. The van der Waals surface area contributed by atoms with E-state index in [9.17, 15) is 9.90 Å². The summed E-state index contributed by atoms with van der Waals surface area (Å²) < 4.78 is 0.770. The van der Waals surface area contributed by atoms with Crippen molar-refractivity contribution in [3.8, 4) is 0 Å². The minimum Gasteiger partial charge on any atom is -1.00 e. The summed E-state index contributed by atoms with van der Waals surface area (Å²) in [5.41, 5.74) is 2.89. The quantitative estimate of drug-likeness (QED) is 0.626. The van der Waals surface area contributed by atoms with E-state index in [0.29, 0.717) is 12.1 Å². The second-order valence-electron chi connectivity index (χ2n) is 7.15. The first kappa shape index (κ1) is 22.2. The van der Waals surface area contributed by atoms with Crippen LogP contribution in [0.2, 0.25) is 0 Å². The van der Waals surface area contributed by atoms with Gasteiger partial charge in [-0.05, 0) is 29.7 Å². The summed E-state index contributed by atoms with van der Waals surface area (Å²) in [4.78, 5) is 11.6. The van der Waals surface area contributed by atoms with Gasteiger partial charge in [-0.25, -0.2) is 0 Å². The lowest BCUT2D eigenvalue weighted by atomic mass is 10.1. The predicted octanol–water partition coefficient (Wildman–Crippen LogP) is -0.207. The first-order valence-corrected chi connectivity index (χ1v) is 8.77. The average molecular weight is 377 g/mol. The van der Waals surface area contributed by atoms with Crippen LogP contribution in [0.1, 0.15) is 34.0 Å². The molecular weight excluding hydrogens is 348 g/mol. The van der Waals surface area contributed by atoms with Crippen molar-refractivity contribution < 1.29 is 26.8 Å². The zero-order valence-electron chi connectivity index (χ0n) is 15.8. The number of amides is 1. The molecule has 0 aliphatic carbocycles. The smallest absolute Gasteiger partial charge is 0.251 e. The number of hydrogen-bond donors (Lipinski definition) is 2. The van der Waals surface area contributed by atoms with Crippen molar-refractivity contribution in [2.75, 3.05) is 34.2 Å². The highest BCUT2D eigenvalue weighted by molar-refractivity contribution is 5.93. The lowest BCUT2D eigenvalue weighted by molar-refractivity contribution is -0.894. The molecular formula is C21H29ClN2O2. The minimum absolute atomic E-state index is 0. The number of likely N-dealkylation sites (N-methyl/N-ethyl adjacent to an activating group) is 1. The molecule has 0 aliphatic rings. The fourth-order valence-electron chi connectivity index (χ4n) is 3.02. The third kappa shape index (κ3) is 6.79. The van der Waals surface area contributed by atoms with Gasteiger partial charge in [-0.1, -0.05) is 42.5 Å². The summed E-state index contributed by atoms with van der Waals surface area (Å²) in [6.45, 7) is 1.68. The molecule has 0 bridgehead atoms. The molecule has 1 unspecified atom stereocenters. The maximum Gasteiger partial charge on any atom is 0.251 e. The van der Waals surface area contributed by atoms with E-state index >= 15 is 0 Å². The van der Waals surface area contributed by atoms with Gasteiger partial charge in [0, 0.05) is 19.0 Å². The summed E-state index contributed by atoms with van der Waals surface area (Å²) in [7, 11) is 5.95. The van der Waals surface area contributed by atoms with E-state index < -0.39 is 6.10 Å². The van der Waals surface area contributed by atoms with Gasteiger partial charge in [0.15, 0.2) is 0 Å². The Bertz CT molecular complexity index is 672. The molecule has 2 rings (SSSR count). The van der Waals surface area contributed by atoms with Gasteiger partial charge in [-0.3, -0.25) is 4.79 Å². The number of aliphatic hydroxyl groups excluding tert-OH is 1. The van der Waals surface area contributed by atoms with Crippen molar-refractivity contribution in [1.82, 2.24) is 5.32 Å². The fourth-order valence-corrected chi connectivity index (χ4v) is 3.02. The average Bonchev–Trinajstić information content (AvgIpc) is 2.62. The van der Waals surface area contributed by atoms with E-state index in [0.717, 1.165) is 29.4 Å². The van der Waals surface area contributed by atoms with Gasteiger partial charge in [-0.2, -0.15) is 0 Å². The third-order valence-corrected chi connectivity index (χ3v) is 4.52. The SMILES string of the molecule is CNC(=O)c1ccc(CCC[N+](C)(C)CC(O)c2ccccc2)cc1.[Cl-]. The largest absolute Gasteiger partial charge is 1.00 e. The molecule has 2 aromatic rings. The first-order valence-electron chi connectivity index (χ1n) is 8.77. The Morgan fingerprint density at radius 1 is 1.08 bits per heavy atom. The zero-order chi connectivity index (χ0) is 18.3. The molecule has 2 aromatic carbocycles. The van der Waals surface area contributed by atoms with Crippen molar-refractivity contribution in [2.24, 2.45) is 0 Å². The van der Waals surface area contributed by atoms with Crippen LogP contribution in [0.3, 0.4) is 0 Å². The monoisotopic (exact) mass is 376 g/mol. The molecule has 0 saturated carbocycles. The molecule has 0 aromatic heterocycles. The van der Waals surface area contributed by atoms with Crippen molar-refractivity contribution in [2.45, 2.75) is 18.9 Å². The molecule has 0 saturated heterocycles. The van der Waals surface area contributed by atoms with Gasteiger partial charge in [0.1, 0.15) is 12.6 Å². The van der Waals surface area contributed by atoms with Gasteiger partial charge < -0.3 is 27.3 Å². The van der Waals surface area contributed by atoms with Crippen LogP contribution in [-0.4, -0.2) is 49.7 Å². The zero-order valence-corrected chi connectivity index (χ0v) is 16.5. The van der Waals surface area contributed by atoms with E-state index in [1.807, 2.05) is 54.6 Å². The first-order chi connectivity index (χ1) is 11.9. The number of rotatable bonds is 8. The maximum absolute atomic E-state index is 11.6. The number of nitrogens with zero attached hydrogens (tertiary/aromatic N) is 1. The van der Waals surface area contributed by atoms with E-state index in [-0.39, 0.29) is 18.3 Å². The molecule has 0 radical (unpaired) electrons. The fraction of sp³-hybridized carbons (Fsp3) is 0.381. The second-order valence-corrected chi connectivity index (χ2v) is 7.15. The minimum atomic E-state index is -0.442. The number of aryl methyl sites for hydroxylation is 1. The molecule has 26 heavy (non-hydrogen) atoms. The highest BCUT2D eigenvalue weighted by Crippen LogP contribution is 2.17. The molecule has 5 heteroatoms. The molecule has 0 fully saturated rings. The highest BCUT2D eigenvalue weighted by atomic mass is 35.5. The Hall–Kier alpha value is -1.88. The van der Waals surface area contributed by atoms with Crippen molar-refractivity contribution in [1.29, 1.82) is 0 Å². The normalized spacial score (nSPS) is 12.2. The van der Waals surface area contributed by atoms with Crippen molar-refractivity contribution in [3.05, 3.63) is 71.3 Å². The summed E-state index contributed by atoms with van der Waals surface area (Å²) in [5.74, 6) is -0.0563. The molecule has 142 valence electrons. The standard InChI is InChI=1S/C21H28N2O2.ClH/c1-22-21(25)19-13-11-17(12-14-19)8-7-15-23(2,3)16-20(24)18-9-5-4-6-10-18;/h4-6,9-14,20,24H,7-8,15-16H2,1-3H3;1H. The molecule has 0 aliphatic heterocycles. The lowest BCUT2D eigenvalue weighted by Gasteiger charge is -2.32. The van der Waals surface area contributed by atoms with Gasteiger partial charge >= 0.3 is 0 Å². The highest BCUT2D eigenvalue weighted by Gasteiger charge is 2.21. The number of carbonyl (C=O) groups excluding carboxylic acids is 1. The van der Waals surface area contributed by atoms with E-state index in [4.69, 9.17) is 0 Å². The van der Waals surface area contributed by atoms with Crippen molar-refractivity contribution in [3.63, 3.8) is 0 Å². The number of carbonyl (C=O) groups is 1. The topological polar surface area (TPSA) is 49.3 Å². The Balaban J connectivity index is 0.00000338. The van der Waals surface area contributed by atoms with Crippen LogP contribution in [0, 0.1) is 0 Å². The van der Waals surface area contributed by atoms with E-state index in [1.54, 1.807) is 7.05 Å². The van der Waals surface area contributed by atoms with Gasteiger partial charge in [0.05, 0.1) is 20.6 Å². The van der Waals surface area contributed by atoms with Crippen LogP contribution in [-0.2, 0) is 6.42 Å². The van der Waals surface area contributed by atoms with Crippen molar-refractivity contribution >= 4 is 5.91 Å². The van der Waals surface area contributed by atoms with E-state index in [1.165, 1.54) is 5.56 Å². The van der Waals surface area contributed by atoms with Crippen LogP contribution >= 0.6 is 0 Å². The van der Waals surface area contributed by atoms with Gasteiger partial charge in [0.25, 0.3) is 5.91 Å². The predicted molar refractivity (Wildman–Crippen MR) is 101 cm³/mol. The molecule has 1 atom stereocenters. The summed E-state index contributed by atoms with van der Waals surface area (Å²) in [6, 6.07) is 17.6. The van der Waals surface area contributed by atoms with Crippen LogP contribution in [0.4, 0.5) is 0 Å². The summed E-state index contributed by atoms with van der Waals surface area (Å²) in [5, 5.41) is 13.1. The third-order valence-electron chi connectivity index (χ3n) is 4.52. The Morgan fingerprint density at radius 2 is 1.69 bits per heavy atom. The summed E-state index contributed by atoms with van der Waals surface area (Å²) in [6.07, 6.45) is 1.56. The van der Waals surface area contributed by atoms with Crippen LogP contribution < -0.4 is 17.7 Å². The number of hydrogen-bond acceptors (Lipinski definition) is 2. The molecule has 2 N–H and O–H groups in total. The van der Waals surface area contributed by atoms with Crippen LogP contribution in [0.15, 0.2) is 54.6 Å².